The van der Waals surface area contributed by atoms with Crippen molar-refractivity contribution >= 4 is 5.97 Å². The highest BCUT2D eigenvalue weighted by molar-refractivity contribution is 5.70. The van der Waals surface area contributed by atoms with Crippen LogP contribution in [0.4, 0.5) is 0 Å². The molecule has 1 fully saturated rings. The Balaban J connectivity index is 1.75. The Bertz CT molecular complexity index is 768. The molecule has 1 aliphatic rings. The molecule has 1 saturated heterocycles. The molecule has 1 atom stereocenters. The van der Waals surface area contributed by atoms with Crippen molar-refractivity contribution < 1.29 is 24.1 Å². The molecule has 0 saturated carbocycles. The molecule has 0 radical (unpaired) electrons. The van der Waals surface area contributed by atoms with Crippen LogP contribution < -0.4 is 14.2 Å². The van der Waals surface area contributed by atoms with E-state index in [0.717, 1.165) is 30.5 Å². The first-order chi connectivity index (χ1) is 13.6. The number of hydrogen-bond donors (Lipinski definition) is 1. The second kappa shape index (κ2) is 9.46. The number of piperidine rings is 1. The second-order valence-corrected chi connectivity index (χ2v) is 7.02. The molecular weight excluding hydrogens is 358 g/mol. The van der Waals surface area contributed by atoms with E-state index < -0.39 is 5.97 Å². The first-order valence-corrected chi connectivity index (χ1v) is 9.47. The number of carbonyl (C=O) groups is 1. The van der Waals surface area contributed by atoms with Gasteiger partial charge in [-0.2, -0.15) is 0 Å². The Hall–Kier alpha value is -2.73. The van der Waals surface area contributed by atoms with Gasteiger partial charge in [0.05, 0.1) is 20.1 Å². The molecule has 0 bridgehead atoms. The lowest BCUT2D eigenvalue weighted by molar-refractivity contribution is -0.143. The van der Waals surface area contributed by atoms with Crippen LogP contribution in [0.1, 0.15) is 24.0 Å². The summed E-state index contributed by atoms with van der Waals surface area (Å²) in [5.74, 6) is 0.768. The van der Waals surface area contributed by atoms with Crippen molar-refractivity contribution in [2.24, 2.45) is 5.92 Å². The molecule has 1 unspecified atom stereocenters. The minimum atomic E-state index is -0.718. The van der Waals surface area contributed by atoms with Crippen LogP contribution in [0, 0.1) is 5.92 Å². The summed E-state index contributed by atoms with van der Waals surface area (Å²) in [5, 5.41) is 9.29. The molecule has 6 heteroatoms. The quantitative estimate of drug-likeness (QED) is 0.749. The molecule has 1 heterocycles. The second-order valence-electron chi connectivity index (χ2n) is 7.02. The van der Waals surface area contributed by atoms with Crippen LogP contribution >= 0.6 is 0 Å². The maximum atomic E-state index is 11.3. The van der Waals surface area contributed by atoms with Crippen LogP contribution in [0.25, 0.3) is 0 Å². The standard InChI is InChI=1S/C22H27NO5/c1-26-19-11-17(13-23-10-6-9-18(14-23)22(24)25)12-20(27-2)21(19)28-15-16-7-4-3-5-8-16/h3-5,7-8,11-12,18H,6,9-10,13-15H2,1-2H3,(H,24,25). The highest BCUT2D eigenvalue weighted by Gasteiger charge is 2.26. The van der Waals surface area contributed by atoms with Gasteiger partial charge in [0.2, 0.25) is 5.75 Å². The third kappa shape index (κ3) is 4.95. The van der Waals surface area contributed by atoms with E-state index in [1.54, 1.807) is 14.2 Å². The van der Waals surface area contributed by atoms with E-state index in [2.05, 4.69) is 4.90 Å². The Morgan fingerprint density at radius 2 is 1.79 bits per heavy atom. The minimum Gasteiger partial charge on any atom is -0.493 e. The fraction of sp³-hybridized carbons (Fsp3) is 0.409. The number of benzene rings is 2. The monoisotopic (exact) mass is 385 g/mol. The Morgan fingerprint density at radius 3 is 2.39 bits per heavy atom. The van der Waals surface area contributed by atoms with E-state index in [9.17, 15) is 9.90 Å². The largest absolute Gasteiger partial charge is 0.493 e. The van der Waals surface area contributed by atoms with E-state index >= 15 is 0 Å². The lowest BCUT2D eigenvalue weighted by Crippen LogP contribution is -2.38. The normalized spacial score (nSPS) is 17.1. The van der Waals surface area contributed by atoms with E-state index in [4.69, 9.17) is 14.2 Å². The highest BCUT2D eigenvalue weighted by atomic mass is 16.5. The molecule has 0 amide bonds. The van der Waals surface area contributed by atoms with E-state index in [0.29, 0.717) is 36.9 Å². The predicted octanol–water partition coefficient (Wildman–Crippen LogP) is 3.58. The zero-order valence-electron chi connectivity index (χ0n) is 16.4. The van der Waals surface area contributed by atoms with Gasteiger partial charge in [0, 0.05) is 13.1 Å². The lowest BCUT2D eigenvalue weighted by atomic mass is 9.98. The van der Waals surface area contributed by atoms with Gasteiger partial charge in [-0.05, 0) is 42.6 Å². The van der Waals surface area contributed by atoms with Gasteiger partial charge in [0.15, 0.2) is 11.5 Å². The molecule has 1 aliphatic heterocycles. The number of carboxylic acids is 1. The average molecular weight is 385 g/mol. The van der Waals surface area contributed by atoms with Crippen LogP contribution in [-0.4, -0.2) is 43.3 Å². The van der Waals surface area contributed by atoms with E-state index in [1.807, 2.05) is 42.5 Å². The first kappa shape index (κ1) is 20.0. The number of rotatable bonds is 8. The van der Waals surface area contributed by atoms with Gasteiger partial charge in [0.25, 0.3) is 0 Å². The van der Waals surface area contributed by atoms with Crippen LogP contribution in [0.15, 0.2) is 42.5 Å². The van der Waals surface area contributed by atoms with Crippen molar-refractivity contribution in [2.45, 2.75) is 26.0 Å². The van der Waals surface area contributed by atoms with Crippen molar-refractivity contribution in [2.75, 3.05) is 27.3 Å². The summed E-state index contributed by atoms with van der Waals surface area (Å²) in [7, 11) is 3.21. The number of carboxylic acid groups (broad SMARTS) is 1. The smallest absolute Gasteiger partial charge is 0.307 e. The van der Waals surface area contributed by atoms with Gasteiger partial charge >= 0.3 is 5.97 Å². The van der Waals surface area contributed by atoms with Crippen LogP contribution in [-0.2, 0) is 17.9 Å². The van der Waals surface area contributed by atoms with Crippen molar-refractivity contribution in [3.63, 3.8) is 0 Å². The van der Waals surface area contributed by atoms with Gasteiger partial charge in [0.1, 0.15) is 6.61 Å². The van der Waals surface area contributed by atoms with Gasteiger partial charge in [-0.15, -0.1) is 0 Å². The van der Waals surface area contributed by atoms with Crippen LogP contribution in [0.3, 0.4) is 0 Å². The Morgan fingerprint density at radius 1 is 1.11 bits per heavy atom. The summed E-state index contributed by atoms with van der Waals surface area (Å²) in [5.41, 5.74) is 2.07. The number of methoxy groups -OCH3 is 2. The summed E-state index contributed by atoms with van der Waals surface area (Å²) in [6.45, 7) is 2.52. The van der Waals surface area contributed by atoms with Crippen LogP contribution in [0.5, 0.6) is 17.2 Å². The number of ether oxygens (including phenoxy) is 3. The Kier molecular flexibility index (Phi) is 6.76. The highest BCUT2D eigenvalue weighted by Crippen LogP contribution is 2.39. The van der Waals surface area contributed by atoms with Crippen molar-refractivity contribution in [3.8, 4) is 17.2 Å². The SMILES string of the molecule is COc1cc(CN2CCCC(C(=O)O)C2)cc(OC)c1OCc1ccccc1. The topological polar surface area (TPSA) is 68.2 Å². The fourth-order valence-corrected chi connectivity index (χ4v) is 3.56. The first-order valence-electron chi connectivity index (χ1n) is 9.47. The lowest BCUT2D eigenvalue weighted by Gasteiger charge is -2.30. The van der Waals surface area contributed by atoms with Gasteiger partial charge < -0.3 is 19.3 Å². The summed E-state index contributed by atoms with van der Waals surface area (Å²) < 4.78 is 17.1. The third-order valence-electron chi connectivity index (χ3n) is 5.01. The third-order valence-corrected chi connectivity index (χ3v) is 5.01. The summed E-state index contributed by atoms with van der Waals surface area (Å²) in [4.78, 5) is 13.5. The maximum absolute atomic E-state index is 11.3. The Labute approximate surface area is 165 Å². The van der Waals surface area contributed by atoms with Crippen molar-refractivity contribution in [1.82, 2.24) is 4.90 Å². The molecule has 150 valence electrons. The predicted molar refractivity (Wildman–Crippen MR) is 106 cm³/mol. The zero-order chi connectivity index (χ0) is 19.9. The fourth-order valence-electron chi connectivity index (χ4n) is 3.56. The molecule has 2 aromatic carbocycles. The van der Waals surface area contributed by atoms with Gasteiger partial charge in [-0.3, -0.25) is 9.69 Å². The molecule has 0 aromatic heterocycles. The number of hydrogen-bond acceptors (Lipinski definition) is 5. The summed E-state index contributed by atoms with van der Waals surface area (Å²) in [6.07, 6.45) is 1.63. The van der Waals surface area contributed by atoms with Gasteiger partial charge in [-0.1, -0.05) is 30.3 Å². The molecule has 0 aliphatic carbocycles. The number of likely N-dealkylation sites (tertiary alicyclic amines) is 1. The molecule has 3 rings (SSSR count). The zero-order valence-corrected chi connectivity index (χ0v) is 16.4. The number of aliphatic carboxylic acids is 1. The molecule has 0 spiro atoms. The summed E-state index contributed by atoms with van der Waals surface area (Å²) in [6, 6.07) is 13.8. The van der Waals surface area contributed by atoms with Crippen molar-refractivity contribution in [1.29, 1.82) is 0 Å². The van der Waals surface area contributed by atoms with E-state index in [-0.39, 0.29) is 5.92 Å². The van der Waals surface area contributed by atoms with Crippen LogP contribution in [0.2, 0.25) is 0 Å². The molecular formula is C22H27NO5. The van der Waals surface area contributed by atoms with E-state index in [1.165, 1.54) is 0 Å². The molecule has 28 heavy (non-hydrogen) atoms. The van der Waals surface area contributed by atoms with Gasteiger partial charge in [-0.25, -0.2) is 0 Å². The number of nitrogens with zero attached hydrogens (tertiary/aromatic N) is 1. The molecule has 6 nitrogen and oxygen atoms in total. The molecule has 1 N–H and O–H groups in total. The minimum absolute atomic E-state index is 0.300. The average Bonchev–Trinajstić information content (AvgIpc) is 2.73. The summed E-state index contributed by atoms with van der Waals surface area (Å²) >= 11 is 0. The maximum Gasteiger partial charge on any atom is 0.307 e. The molecule has 2 aromatic rings. The van der Waals surface area contributed by atoms with Crippen molar-refractivity contribution in [3.05, 3.63) is 53.6 Å².